The third-order valence-corrected chi connectivity index (χ3v) is 2.66. The van der Waals surface area contributed by atoms with Crippen LogP contribution in [0.2, 0.25) is 0 Å². The fourth-order valence-corrected chi connectivity index (χ4v) is 1.63. The van der Waals surface area contributed by atoms with Crippen LogP contribution in [-0.4, -0.2) is 11.0 Å². The van der Waals surface area contributed by atoms with E-state index in [-0.39, 0.29) is 6.61 Å². The molecule has 98 valence electrons. The lowest BCUT2D eigenvalue weighted by atomic mass is 10.1. The van der Waals surface area contributed by atoms with Gasteiger partial charge in [0, 0.05) is 11.1 Å². The fourth-order valence-electron chi connectivity index (χ4n) is 1.63. The van der Waals surface area contributed by atoms with Gasteiger partial charge in [0.2, 0.25) is 5.91 Å². The molecule has 0 unspecified atom stereocenters. The molecule has 5 nitrogen and oxygen atoms in total. The second-order valence-corrected chi connectivity index (χ2v) is 3.98. The van der Waals surface area contributed by atoms with Crippen LogP contribution in [0.3, 0.4) is 0 Å². The topological polar surface area (TPSA) is 98.6 Å². The van der Waals surface area contributed by atoms with E-state index in [0.29, 0.717) is 28.3 Å². The number of benzene rings is 2. The van der Waals surface area contributed by atoms with Gasteiger partial charge in [-0.3, -0.25) is 4.79 Å². The highest BCUT2D eigenvalue weighted by molar-refractivity contribution is 5.93. The van der Waals surface area contributed by atoms with Gasteiger partial charge in [-0.1, -0.05) is 18.2 Å². The number of hydrogen-bond donors (Lipinski definition) is 3. The number of amides is 1. The molecule has 0 aliphatic carbocycles. The normalized spacial score (nSPS) is 10.2. The molecule has 0 aliphatic heterocycles. The number of nitrogen functional groups attached to an aromatic ring is 1. The van der Waals surface area contributed by atoms with E-state index in [1.165, 1.54) is 12.1 Å². The maximum absolute atomic E-state index is 11.1. The molecule has 0 fully saturated rings. The average Bonchev–Trinajstić information content (AvgIpc) is 2.41. The molecule has 5 N–H and O–H groups in total. The van der Waals surface area contributed by atoms with Gasteiger partial charge in [0.05, 0.1) is 12.3 Å². The molecule has 2 aromatic rings. The summed E-state index contributed by atoms with van der Waals surface area (Å²) >= 11 is 0. The first-order valence-electron chi connectivity index (χ1n) is 5.67. The Kier molecular flexibility index (Phi) is 3.68. The lowest BCUT2D eigenvalue weighted by molar-refractivity contribution is 0.1000. The fraction of sp³-hybridized carbons (Fsp3) is 0.0714. The number of primary amides is 1. The molecule has 0 heterocycles. The summed E-state index contributed by atoms with van der Waals surface area (Å²) in [6.45, 7) is -0.147. The summed E-state index contributed by atoms with van der Waals surface area (Å²) in [5, 5.41) is 9.22. The van der Waals surface area contributed by atoms with Crippen molar-refractivity contribution in [3.63, 3.8) is 0 Å². The van der Waals surface area contributed by atoms with Gasteiger partial charge in [-0.15, -0.1) is 0 Å². The smallest absolute Gasteiger partial charge is 0.248 e. The van der Waals surface area contributed by atoms with Gasteiger partial charge in [0.1, 0.15) is 5.75 Å². The first-order valence-corrected chi connectivity index (χ1v) is 5.67. The van der Waals surface area contributed by atoms with Gasteiger partial charge in [0.15, 0.2) is 5.75 Å². The van der Waals surface area contributed by atoms with Crippen molar-refractivity contribution in [3.05, 3.63) is 53.6 Å². The third kappa shape index (κ3) is 2.83. The number of anilines is 1. The lowest BCUT2D eigenvalue weighted by Gasteiger charge is -2.12. The van der Waals surface area contributed by atoms with Crippen molar-refractivity contribution < 1.29 is 14.6 Å². The zero-order valence-electron chi connectivity index (χ0n) is 10.2. The minimum Gasteiger partial charge on any atom is -0.455 e. The molecule has 2 aromatic carbocycles. The van der Waals surface area contributed by atoms with E-state index in [2.05, 4.69) is 0 Å². The number of nitrogens with two attached hydrogens (primary N) is 2. The lowest BCUT2D eigenvalue weighted by Crippen LogP contribution is -2.11. The van der Waals surface area contributed by atoms with Crippen LogP contribution in [0.1, 0.15) is 15.9 Å². The summed E-state index contributed by atoms with van der Waals surface area (Å²) < 4.78 is 5.63. The average molecular weight is 258 g/mol. The van der Waals surface area contributed by atoms with Crippen molar-refractivity contribution in [1.29, 1.82) is 0 Å². The van der Waals surface area contributed by atoms with Crippen molar-refractivity contribution in [2.75, 3.05) is 5.73 Å². The molecule has 0 spiro atoms. The van der Waals surface area contributed by atoms with Crippen LogP contribution in [-0.2, 0) is 6.61 Å². The number of rotatable bonds is 4. The zero-order valence-corrected chi connectivity index (χ0v) is 10.2. The molecule has 0 radical (unpaired) electrons. The van der Waals surface area contributed by atoms with Crippen LogP contribution < -0.4 is 16.2 Å². The highest BCUT2D eigenvalue weighted by atomic mass is 16.5. The number of aliphatic hydroxyl groups excluding tert-OH is 1. The monoisotopic (exact) mass is 258 g/mol. The number of carbonyl (C=O) groups excluding carboxylic acids is 1. The van der Waals surface area contributed by atoms with Crippen molar-refractivity contribution in [1.82, 2.24) is 0 Å². The largest absolute Gasteiger partial charge is 0.455 e. The predicted octanol–water partition coefficient (Wildman–Crippen LogP) is 1.65. The second-order valence-electron chi connectivity index (χ2n) is 3.98. The number of carbonyl (C=O) groups is 1. The Morgan fingerprint density at radius 3 is 2.58 bits per heavy atom. The number of hydrogen-bond acceptors (Lipinski definition) is 4. The van der Waals surface area contributed by atoms with E-state index in [0.717, 1.165) is 0 Å². The molecule has 0 aliphatic rings. The Morgan fingerprint density at radius 2 is 1.89 bits per heavy atom. The van der Waals surface area contributed by atoms with Gasteiger partial charge in [-0.05, 0) is 24.3 Å². The van der Waals surface area contributed by atoms with Crippen LogP contribution in [0.25, 0.3) is 0 Å². The molecule has 0 bridgehead atoms. The minimum absolute atomic E-state index is 0.147. The quantitative estimate of drug-likeness (QED) is 0.726. The van der Waals surface area contributed by atoms with Crippen LogP contribution in [0, 0.1) is 0 Å². The molecule has 0 atom stereocenters. The van der Waals surface area contributed by atoms with Gasteiger partial charge in [-0.25, -0.2) is 0 Å². The van der Waals surface area contributed by atoms with Crippen LogP contribution in [0.15, 0.2) is 42.5 Å². The van der Waals surface area contributed by atoms with E-state index in [1.807, 2.05) is 0 Å². The first-order chi connectivity index (χ1) is 9.11. The van der Waals surface area contributed by atoms with Gasteiger partial charge >= 0.3 is 0 Å². The second kappa shape index (κ2) is 5.41. The predicted molar refractivity (Wildman–Crippen MR) is 71.8 cm³/mol. The van der Waals surface area contributed by atoms with E-state index >= 15 is 0 Å². The summed E-state index contributed by atoms with van der Waals surface area (Å²) in [6, 6.07) is 11.6. The van der Waals surface area contributed by atoms with Gasteiger partial charge in [-0.2, -0.15) is 0 Å². The van der Waals surface area contributed by atoms with Gasteiger partial charge in [0.25, 0.3) is 0 Å². The van der Waals surface area contributed by atoms with E-state index in [4.69, 9.17) is 16.2 Å². The van der Waals surface area contributed by atoms with Crippen LogP contribution in [0.4, 0.5) is 5.69 Å². The Balaban J connectivity index is 2.37. The summed E-state index contributed by atoms with van der Waals surface area (Å²) in [4.78, 5) is 11.1. The van der Waals surface area contributed by atoms with E-state index in [9.17, 15) is 9.90 Å². The molecular weight excluding hydrogens is 244 g/mol. The Morgan fingerprint density at radius 1 is 1.16 bits per heavy atom. The summed E-state index contributed by atoms with van der Waals surface area (Å²) in [5.74, 6) is 0.260. The molecule has 0 aromatic heterocycles. The number of aliphatic hydroxyl groups is 1. The molecule has 1 amide bonds. The SMILES string of the molecule is NC(=O)c1ccc(N)c(Oc2ccccc2CO)c1. The first kappa shape index (κ1) is 12.9. The molecular formula is C14H14N2O3. The Hall–Kier alpha value is -2.53. The molecule has 0 saturated carbocycles. The Labute approximate surface area is 110 Å². The van der Waals surface area contributed by atoms with E-state index in [1.54, 1.807) is 30.3 Å². The highest BCUT2D eigenvalue weighted by Crippen LogP contribution is 2.30. The molecule has 0 saturated heterocycles. The Bertz CT molecular complexity index is 611. The summed E-state index contributed by atoms with van der Waals surface area (Å²) in [5.41, 5.74) is 12.3. The van der Waals surface area contributed by atoms with Crippen LogP contribution in [0.5, 0.6) is 11.5 Å². The summed E-state index contributed by atoms with van der Waals surface area (Å²) in [6.07, 6.45) is 0. The van der Waals surface area contributed by atoms with Crippen molar-refractivity contribution in [3.8, 4) is 11.5 Å². The maximum Gasteiger partial charge on any atom is 0.248 e. The standard InChI is InChI=1S/C14H14N2O3/c15-11-6-5-9(14(16)18)7-13(11)19-12-4-2-1-3-10(12)8-17/h1-7,17H,8,15H2,(H2,16,18). The maximum atomic E-state index is 11.1. The van der Waals surface area contributed by atoms with Crippen molar-refractivity contribution in [2.45, 2.75) is 6.61 Å². The molecule has 19 heavy (non-hydrogen) atoms. The number of ether oxygens (including phenoxy) is 1. The molecule has 5 heteroatoms. The third-order valence-electron chi connectivity index (χ3n) is 2.66. The molecule has 2 rings (SSSR count). The highest BCUT2D eigenvalue weighted by Gasteiger charge is 2.09. The van der Waals surface area contributed by atoms with Crippen molar-refractivity contribution in [2.24, 2.45) is 5.73 Å². The van der Waals surface area contributed by atoms with Crippen LogP contribution >= 0.6 is 0 Å². The van der Waals surface area contributed by atoms with Gasteiger partial charge < -0.3 is 21.3 Å². The van der Waals surface area contributed by atoms with E-state index < -0.39 is 5.91 Å². The summed E-state index contributed by atoms with van der Waals surface area (Å²) in [7, 11) is 0. The number of para-hydroxylation sites is 1. The zero-order chi connectivity index (χ0) is 13.8. The van der Waals surface area contributed by atoms with Crippen molar-refractivity contribution >= 4 is 11.6 Å². The minimum atomic E-state index is -0.555.